The van der Waals surface area contributed by atoms with Gasteiger partial charge in [0.2, 0.25) is 0 Å². The van der Waals surface area contributed by atoms with Crippen LogP contribution in [0.5, 0.6) is 0 Å². The summed E-state index contributed by atoms with van der Waals surface area (Å²) in [6.45, 7) is 4.40. The van der Waals surface area contributed by atoms with Crippen molar-refractivity contribution in [3.63, 3.8) is 0 Å². The third-order valence-electron chi connectivity index (χ3n) is 9.37. The van der Waals surface area contributed by atoms with Crippen LogP contribution in [0.3, 0.4) is 0 Å². The second-order valence-electron chi connectivity index (χ2n) is 11.4. The first kappa shape index (κ1) is 24.6. The fourth-order valence-electron chi connectivity index (χ4n) is 7.02. The van der Waals surface area contributed by atoms with Crippen molar-refractivity contribution in [3.05, 3.63) is 47.5 Å². The molecule has 33 heavy (non-hydrogen) atoms. The van der Waals surface area contributed by atoms with Crippen molar-refractivity contribution in [3.8, 4) is 0 Å². The molecule has 0 atom stereocenters. The molecule has 0 heterocycles. The molecule has 2 bridgehead atoms. The number of hydrogen-bond donors (Lipinski definition) is 0. The topological polar surface area (TPSA) is 26.3 Å². The van der Waals surface area contributed by atoms with Gasteiger partial charge in [-0.3, -0.25) is 4.79 Å². The minimum absolute atomic E-state index is 0.0684. The smallest absolute Gasteiger partial charge is 0.309 e. The molecule has 1 aromatic carbocycles. The summed E-state index contributed by atoms with van der Waals surface area (Å²) in [5.41, 5.74) is 4.25. The first-order chi connectivity index (χ1) is 16.1. The van der Waals surface area contributed by atoms with Crippen molar-refractivity contribution in [1.29, 1.82) is 0 Å². The third kappa shape index (κ3) is 5.92. The average Bonchev–Trinajstić information content (AvgIpc) is 2.86. The summed E-state index contributed by atoms with van der Waals surface area (Å²) >= 11 is 0. The SMILES string of the molecule is CC/C=C\CC(=O)OC1CCC(c2ccc(C34CCC(CCCCC)(CC3)CC4)cc2)CC1. The normalized spacial score (nSPS) is 31.7. The monoisotopic (exact) mass is 450 g/mol. The van der Waals surface area contributed by atoms with E-state index >= 15 is 0 Å². The largest absolute Gasteiger partial charge is 0.462 e. The van der Waals surface area contributed by atoms with E-state index in [1.807, 2.05) is 12.2 Å². The molecule has 4 aliphatic rings. The van der Waals surface area contributed by atoms with Crippen molar-refractivity contribution in [2.75, 3.05) is 0 Å². The highest BCUT2D eigenvalue weighted by molar-refractivity contribution is 5.71. The van der Waals surface area contributed by atoms with Gasteiger partial charge in [-0.15, -0.1) is 0 Å². The van der Waals surface area contributed by atoms with Crippen molar-refractivity contribution in [2.24, 2.45) is 5.41 Å². The molecular weight excluding hydrogens is 404 g/mol. The van der Waals surface area contributed by atoms with Crippen molar-refractivity contribution < 1.29 is 9.53 Å². The van der Waals surface area contributed by atoms with Crippen LogP contribution in [0.1, 0.15) is 134 Å². The van der Waals surface area contributed by atoms with Crippen LogP contribution in [0, 0.1) is 5.41 Å². The summed E-state index contributed by atoms with van der Waals surface area (Å²) in [5, 5.41) is 0. The lowest BCUT2D eigenvalue weighted by Gasteiger charge is -2.54. The first-order valence-corrected chi connectivity index (χ1v) is 14.0. The number of rotatable bonds is 10. The maximum Gasteiger partial charge on any atom is 0.309 e. The predicted molar refractivity (Wildman–Crippen MR) is 138 cm³/mol. The Morgan fingerprint density at radius 2 is 1.58 bits per heavy atom. The van der Waals surface area contributed by atoms with Gasteiger partial charge in [-0.2, -0.15) is 0 Å². The molecule has 0 aliphatic heterocycles. The average molecular weight is 451 g/mol. The van der Waals surface area contributed by atoms with Crippen LogP contribution in [-0.4, -0.2) is 12.1 Å². The van der Waals surface area contributed by atoms with Gasteiger partial charge in [0.25, 0.3) is 0 Å². The zero-order valence-electron chi connectivity index (χ0n) is 21.2. The van der Waals surface area contributed by atoms with Crippen LogP contribution in [0.25, 0.3) is 0 Å². The maximum absolute atomic E-state index is 12.0. The highest BCUT2D eigenvalue weighted by atomic mass is 16.5. The van der Waals surface area contributed by atoms with Crippen LogP contribution < -0.4 is 0 Å². The number of unbranched alkanes of at least 4 members (excludes halogenated alkanes) is 2. The Morgan fingerprint density at radius 1 is 0.909 bits per heavy atom. The van der Waals surface area contributed by atoms with Crippen LogP contribution in [-0.2, 0) is 14.9 Å². The lowest BCUT2D eigenvalue weighted by atomic mass is 9.51. The Kier molecular flexibility index (Phi) is 8.36. The Balaban J connectivity index is 1.27. The summed E-state index contributed by atoms with van der Waals surface area (Å²) in [6, 6.07) is 9.79. The fraction of sp³-hybridized carbons (Fsp3) is 0.710. The van der Waals surface area contributed by atoms with E-state index in [2.05, 4.69) is 38.1 Å². The molecule has 2 nitrogen and oxygen atoms in total. The van der Waals surface area contributed by atoms with E-state index in [4.69, 9.17) is 4.74 Å². The number of benzene rings is 1. The van der Waals surface area contributed by atoms with Gasteiger partial charge in [-0.05, 0) is 105 Å². The highest BCUT2D eigenvalue weighted by Gasteiger charge is 2.48. The number of hydrogen-bond acceptors (Lipinski definition) is 2. The molecule has 0 saturated heterocycles. The summed E-state index contributed by atoms with van der Waals surface area (Å²) in [4.78, 5) is 12.0. The van der Waals surface area contributed by atoms with Gasteiger partial charge in [0.1, 0.15) is 6.10 Å². The number of esters is 1. The molecule has 0 aromatic heterocycles. The van der Waals surface area contributed by atoms with Gasteiger partial charge in [-0.25, -0.2) is 0 Å². The van der Waals surface area contributed by atoms with Gasteiger partial charge >= 0.3 is 5.97 Å². The van der Waals surface area contributed by atoms with E-state index in [9.17, 15) is 4.79 Å². The number of ether oxygens (including phenoxy) is 1. The van der Waals surface area contributed by atoms with Crippen LogP contribution in [0.15, 0.2) is 36.4 Å². The third-order valence-corrected chi connectivity index (χ3v) is 9.37. The summed E-state index contributed by atoms with van der Waals surface area (Å²) in [5.74, 6) is 0.552. The van der Waals surface area contributed by atoms with E-state index < -0.39 is 0 Å². The van der Waals surface area contributed by atoms with E-state index in [1.54, 1.807) is 5.56 Å². The number of carbonyl (C=O) groups is 1. The molecule has 0 spiro atoms. The number of fused-ring (bicyclic) bond motifs is 3. The molecule has 0 N–H and O–H groups in total. The minimum atomic E-state index is -0.0684. The molecule has 4 aliphatic carbocycles. The minimum Gasteiger partial charge on any atom is -0.462 e. The zero-order chi connectivity index (χ0) is 23.2. The van der Waals surface area contributed by atoms with Gasteiger partial charge in [-0.1, -0.05) is 69.5 Å². The molecular formula is C31H46O2. The van der Waals surface area contributed by atoms with Gasteiger partial charge in [0.05, 0.1) is 6.42 Å². The quantitative estimate of drug-likeness (QED) is 0.202. The Morgan fingerprint density at radius 3 is 2.18 bits per heavy atom. The summed E-state index contributed by atoms with van der Waals surface area (Å²) < 4.78 is 5.70. The van der Waals surface area contributed by atoms with Gasteiger partial charge < -0.3 is 4.74 Å². The lowest BCUT2D eigenvalue weighted by molar-refractivity contribution is -0.149. The number of carbonyl (C=O) groups excluding carboxylic acids is 1. The number of allylic oxidation sites excluding steroid dienone is 1. The predicted octanol–water partition coefficient (Wildman–Crippen LogP) is 8.78. The maximum atomic E-state index is 12.0. The molecule has 4 saturated carbocycles. The molecule has 0 radical (unpaired) electrons. The highest BCUT2D eigenvalue weighted by Crippen LogP contribution is 2.59. The van der Waals surface area contributed by atoms with Gasteiger partial charge in [0.15, 0.2) is 0 Å². The van der Waals surface area contributed by atoms with E-state index in [-0.39, 0.29) is 12.1 Å². The molecule has 182 valence electrons. The molecule has 2 heteroatoms. The van der Waals surface area contributed by atoms with Crippen molar-refractivity contribution in [2.45, 2.75) is 134 Å². The van der Waals surface area contributed by atoms with Crippen molar-refractivity contribution >= 4 is 5.97 Å². The first-order valence-electron chi connectivity index (χ1n) is 14.0. The van der Waals surface area contributed by atoms with E-state index in [0.717, 1.165) is 32.1 Å². The Bertz CT molecular complexity index is 757. The lowest BCUT2D eigenvalue weighted by Crippen LogP contribution is -2.44. The second-order valence-corrected chi connectivity index (χ2v) is 11.4. The van der Waals surface area contributed by atoms with E-state index in [1.165, 1.54) is 69.8 Å². The van der Waals surface area contributed by atoms with E-state index in [0.29, 0.717) is 23.2 Å². The zero-order valence-corrected chi connectivity index (χ0v) is 21.2. The second kappa shape index (κ2) is 11.2. The fourth-order valence-corrected chi connectivity index (χ4v) is 7.02. The molecule has 5 rings (SSSR count). The molecule has 4 fully saturated rings. The van der Waals surface area contributed by atoms with Crippen LogP contribution in [0.4, 0.5) is 0 Å². The van der Waals surface area contributed by atoms with Crippen LogP contribution in [0.2, 0.25) is 0 Å². The molecule has 0 unspecified atom stereocenters. The molecule has 1 aromatic rings. The Labute approximate surface area is 202 Å². The summed E-state index contributed by atoms with van der Waals surface area (Å²) in [7, 11) is 0. The Hall–Kier alpha value is -1.57. The molecule has 0 amide bonds. The summed E-state index contributed by atoms with van der Waals surface area (Å²) in [6.07, 6.45) is 24.0. The van der Waals surface area contributed by atoms with Gasteiger partial charge in [0, 0.05) is 0 Å². The standard InChI is InChI=1S/C31H46O2/c1-3-5-7-9-29(32)33-28-16-12-26(13-17-28)25-10-14-27(15-11-25)31-22-19-30(20-23-31,21-24-31)18-8-6-4-2/h5,7,10-11,14-15,26,28H,3-4,6,8-9,12-13,16-24H2,1-2H3/b7-5-. The van der Waals surface area contributed by atoms with Crippen molar-refractivity contribution in [1.82, 2.24) is 0 Å². The van der Waals surface area contributed by atoms with Crippen LogP contribution >= 0.6 is 0 Å².